The van der Waals surface area contributed by atoms with E-state index in [9.17, 15) is 14.7 Å². The van der Waals surface area contributed by atoms with Crippen molar-refractivity contribution in [3.63, 3.8) is 0 Å². The van der Waals surface area contributed by atoms with E-state index >= 15 is 0 Å². The zero-order valence-electron chi connectivity index (χ0n) is 13.4. The van der Waals surface area contributed by atoms with E-state index in [4.69, 9.17) is 14.7 Å². The molecule has 1 rings (SSSR count). The maximum Gasteiger partial charge on any atom is 0.261 e. The van der Waals surface area contributed by atoms with Gasteiger partial charge in [0.2, 0.25) is 0 Å². The molecule has 1 aromatic rings. The molecule has 0 saturated heterocycles. The first-order valence-electron chi connectivity index (χ1n) is 7.47. The largest absolute Gasteiger partial charge is 0.546 e. The van der Waals surface area contributed by atoms with Gasteiger partial charge in [-0.2, -0.15) is 5.26 Å². The number of benzene rings is 1. The number of nitrogens with zero attached hydrogens (tertiary/aromatic N) is 1. The highest BCUT2D eigenvalue weighted by Gasteiger charge is 2.08. The summed E-state index contributed by atoms with van der Waals surface area (Å²) in [6, 6.07) is 8.18. The molecule has 7 heteroatoms. The molecule has 0 aliphatic heterocycles. The summed E-state index contributed by atoms with van der Waals surface area (Å²) in [7, 11) is 0. The minimum absolute atomic E-state index is 0.0187. The second-order valence-electron chi connectivity index (χ2n) is 4.71. The van der Waals surface area contributed by atoms with Gasteiger partial charge in [-0.15, -0.1) is 0 Å². The highest BCUT2D eigenvalue weighted by Crippen LogP contribution is 2.14. The summed E-state index contributed by atoms with van der Waals surface area (Å²) >= 11 is 0. The number of carboxylic acids is 1. The fourth-order valence-corrected chi connectivity index (χ4v) is 1.73. The first-order chi connectivity index (χ1) is 11.6. The summed E-state index contributed by atoms with van der Waals surface area (Å²) < 4.78 is 10.1. The Hall–Kier alpha value is -2.85. The molecule has 0 saturated carbocycles. The summed E-state index contributed by atoms with van der Waals surface area (Å²) in [6.45, 7) is 2.95. The van der Waals surface area contributed by atoms with Crippen molar-refractivity contribution in [2.45, 2.75) is 13.3 Å². The molecule has 0 aromatic heterocycles. The number of carbonyl (C=O) groups is 2. The minimum atomic E-state index is -1.31. The average Bonchev–Trinajstić information content (AvgIpc) is 2.58. The Kier molecular flexibility index (Phi) is 8.64. The van der Waals surface area contributed by atoms with Crippen molar-refractivity contribution in [2.75, 3.05) is 26.4 Å². The first-order valence-corrected chi connectivity index (χ1v) is 7.47. The average molecular weight is 331 g/mol. The van der Waals surface area contributed by atoms with Gasteiger partial charge in [0.15, 0.2) is 0 Å². The van der Waals surface area contributed by atoms with E-state index in [2.05, 4.69) is 5.32 Å². The number of amides is 1. The number of carbonyl (C=O) groups excluding carboxylic acids is 2. The molecule has 0 atom stereocenters. The predicted octanol–water partition coefficient (Wildman–Crippen LogP) is 0.265. The van der Waals surface area contributed by atoms with Crippen LogP contribution in [0.25, 0.3) is 6.08 Å². The Bertz CT molecular complexity index is 617. The molecular weight excluding hydrogens is 312 g/mol. The molecule has 0 radical (unpaired) electrons. The van der Waals surface area contributed by atoms with Gasteiger partial charge in [0.05, 0.1) is 5.97 Å². The number of aliphatic carboxylic acids is 1. The Morgan fingerprint density at radius 1 is 1.33 bits per heavy atom. The summed E-state index contributed by atoms with van der Waals surface area (Å²) in [4.78, 5) is 22.2. The van der Waals surface area contributed by atoms with Crippen molar-refractivity contribution in [1.82, 2.24) is 5.32 Å². The number of rotatable bonds is 10. The Balaban J connectivity index is 2.59. The summed E-state index contributed by atoms with van der Waals surface area (Å²) in [6.07, 6.45) is 2.11. The number of hydrogen-bond acceptors (Lipinski definition) is 6. The molecule has 24 heavy (non-hydrogen) atoms. The minimum Gasteiger partial charge on any atom is -0.546 e. The van der Waals surface area contributed by atoms with E-state index in [0.717, 1.165) is 0 Å². The molecule has 7 nitrogen and oxygen atoms in total. The molecular formula is C17H19N2O5-. The predicted molar refractivity (Wildman–Crippen MR) is 84.7 cm³/mol. The van der Waals surface area contributed by atoms with E-state index in [1.807, 2.05) is 13.0 Å². The fraction of sp³-hybridized carbons (Fsp3) is 0.353. The van der Waals surface area contributed by atoms with Gasteiger partial charge in [-0.25, -0.2) is 0 Å². The smallest absolute Gasteiger partial charge is 0.261 e. The molecule has 0 spiro atoms. The zero-order chi connectivity index (χ0) is 17.8. The van der Waals surface area contributed by atoms with Crippen LogP contribution >= 0.6 is 0 Å². The monoisotopic (exact) mass is 331 g/mol. The van der Waals surface area contributed by atoms with E-state index in [1.165, 1.54) is 6.08 Å². The van der Waals surface area contributed by atoms with Crippen molar-refractivity contribution in [1.29, 1.82) is 5.26 Å². The topological polar surface area (TPSA) is 111 Å². The second kappa shape index (κ2) is 10.8. The molecule has 0 aliphatic rings. The van der Waals surface area contributed by atoms with Gasteiger partial charge in [-0.05, 0) is 37.1 Å². The lowest BCUT2D eigenvalue weighted by atomic mass is 10.1. The van der Waals surface area contributed by atoms with Crippen LogP contribution in [0.1, 0.15) is 18.9 Å². The quantitative estimate of drug-likeness (QED) is 0.374. The van der Waals surface area contributed by atoms with Gasteiger partial charge in [-0.1, -0.05) is 12.1 Å². The van der Waals surface area contributed by atoms with Crippen LogP contribution in [-0.2, 0) is 14.3 Å². The molecule has 0 bridgehead atoms. The van der Waals surface area contributed by atoms with Gasteiger partial charge >= 0.3 is 0 Å². The number of hydrogen-bond donors (Lipinski definition) is 1. The molecule has 1 aromatic carbocycles. The zero-order valence-corrected chi connectivity index (χ0v) is 13.4. The van der Waals surface area contributed by atoms with Crippen LogP contribution in [0, 0.1) is 11.3 Å². The van der Waals surface area contributed by atoms with Crippen molar-refractivity contribution in [3.8, 4) is 11.8 Å². The molecule has 128 valence electrons. The molecule has 0 aliphatic carbocycles. The van der Waals surface area contributed by atoms with Crippen LogP contribution in [0.5, 0.6) is 5.75 Å². The lowest BCUT2D eigenvalue weighted by Crippen LogP contribution is -2.28. The Morgan fingerprint density at radius 3 is 2.62 bits per heavy atom. The highest BCUT2D eigenvalue weighted by atomic mass is 16.5. The van der Waals surface area contributed by atoms with E-state index in [0.29, 0.717) is 37.5 Å². The van der Waals surface area contributed by atoms with Crippen molar-refractivity contribution < 1.29 is 24.2 Å². The molecule has 1 amide bonds. The molecule has 0 unspecified atom stereocenters. The Labute approximate surface area is 140 Å². The van der Waals surface area contributed by atoms with Crippen LogP contribution in [0.4, 0.5) is 0 Å². The van der Waals surface area contributed by atoms with Crippen LogP contribution in [-0.4, -0.2) is 38.2 Å². The third-order valence-electron chi connectivity index (χ3n) is 2.87. The lowest BCUT2D eigenvalue weighted by Gasteiger charge is -2.07. The van der Waals surface area contributed by atoms with Crippen molar-refractivity contribution >= 4 is 18.0 Å². The van der Waals surface area contributed by atoms with Gasteiger partial charge in [0.25, 0.3) is 5.91 Å². The Morgan fingerprint density at radius 2 is 2.04 bits per heavy atom. The second-order valence-corrected chi connectivity index (χ2v) is 4.71. The normalized spacial score (nSPS) is 10.8. The summed E-state index contributed by atoms with van der Waals surface area (Å²) in [5.74, 6) is -1.41. The SMILES string of the molecule is CCOCCCNC(=O)/C(C#N)=C/c1ccc(OCC(=O)[O-])cc1. The maximum absolute atomic E-state index is 11.9. The molecule has 0 heterocycles. The third kappa shape index (κ3) is 7.42. The fourth-order valence-electron chi connectivity index (χ4n) is 1.73. The standard InChI is InChI=1S/C17H20N2O5/c1-2-23-9-3-8-19-17(22)14(11-18)10-13-4-6-15(7-5-13)24-12-16(20)21/h4-7,10H,2-3,8-9,12H2,1H3,(H,19,22)(H,20,21)/p-1/b14-10+. The van der Waals surface area contributed by atoms with Crippen LogP contribution in [0.15, 0.2) is 29.8 Å². The van der Waals surface area contributed by atoms with Gasteiger partial charge in [0.1, 0.15) is 24.0 Å². The summed E-state index contributed by atoms with van der Waals surface area (Å²) in [5.41, 5.74) is 0.603. The lowest BCUT2D eigenvalue weighted by molar-refractivity contribution is -0.307. The van der Waals surface area contributed by atoms with E-state index in [-0.39, 0.29) is 5.57 Å². The highest BCUT2D eigenvalue weighted by molar-refractivity contribution is 6.01. The summed E-state index contributed by atoms with van der Waals surface area (Å²) in [5, 5.41) is 22.1. The first kappa shape index (κ1) is 19.2. The number of nitrogens with one attached hydrogen (secondary N) is 1. The molecule has 1 N–H and O–H groups in total. The maximum atomic E-state index is 11.9. The van der Waals surface area contributed by atoms with Gasteiger partial charge < -0.3 is 24.7 Å². The van der Waals surface area contributed by atoms with E-state index < -0.39 is 18.5 Å². The van der Waals surface area contributed by atoms with Crippen LogP contribution < -0.4 is 15.2 Å². The number of carboxylic acid groups (broad SMARTS) is 1. The number of nitriles is 1. The van der Waals surface area contributed by atoms with Crippen LogP contribution in [0.3, 0.4) is 0 Å². The van der Waals surface area contributed by atoms with Crippen molar-refractivity contribution in [2.24, 2.45) is 0 Å². The molecule has 0 fully saturated rings. The number of ether oxygens (including phenoxy) is 2. The third-order valence-corrected chi connectivity index (χ3v) is 2.87. The van der Waals surface area contributed by atoms with Crippen molar-refractivity contribution in [3.05, 3.63) is 35.4 Å². The van der Waals surface area contributed by atoms with Gasteiger partial charge in [-0.3, -0.25) is 4.79 Å². The van der Waals surface area contributed by atoms with Gasteiger partial charge in [0, 0.05) is 19.8 Å². The van der Waals surface area contributed by atoms with Crippen LogP contribution in [0.2, 0.25) is 0 Å². The van der Waals surface area contributed by atoms with E-state index in [1.54, 1.807) is 24.3 Å².